The van der Waals surface area contributed by atoms with Crippen LogP contribution in [0.2, 0.25) is 5.02 Å². The fourth-order valence-electron chi connectivity index (χ4n) is 3.60. The molecule has 0 bridgehead atoms. The van der Waals surface area contributed by atoms with Gasteiger partial charge >= 0.3 is 0 Å². The van der Waals surface area contributed by atoms with Crippen molar-refractivity contribution >= 4 is 34.7 Å². The number of halogens is 2. The molecule has 0 saturated heterocycles. The van der Waals surface area contributed by atoms with Gasteiger partial charge in [-0.25, -0.2) is 4.39 Å². The van der Waals surface area contributed by atoms with Crippen molar-refractivity contribution in [3.63, 3.8) is 0 Å². The first-order valence-electron chi connectivity index (χ1n) is 8.97. The summed E-state index contributed by atoms with van der Waals surface area (Å²) >= 11 is 7.52. The summed E-state index contributed by atoms with van der Waals surface area (Å²) in [6.07, 6.45) is 0. The van der Waals surface area contributed by atoms with Gasteiger partial charge in [-0.1, -0.05) is 29.8 Å². The molecule has 142 valence electrons. The van der Waals surface area contributed by atoms with Crippen molar-refractivity contribution in [2.24, 2.45) is 0 Å². The standard InChI is InChI=1S/C23H24ClFOS/c1-13-7-8-15(16-9-10-18(24)19(25)12-16)11-17(13)20-14(2)22(3,4)27-23(5,6)21(20)26/h7-12H,1-6H3. The molecule has 1 aliphatic heterocycles. The van der Waals surface area contributed by atoms with E-state index in [1.54, 1.807) is 23.9 Å². The number of thioether (sulfide) groups is 1. The highest BCUT2D eigenvalue weighted by atomic mass is 35.5. The highest BCUT2D eigenvalue weighted by Gasteiger charge is 2.44. The zero-order chi connectivity index (χ0) is 20.1. The molecule has 2 aromatic rings. The lowest BCUT2D eigenvalue weighted by Gasteiger charge is -2.41. The highest BCUT2D eigenvalue weighted by molar-refractivity contribution is 8.03. The Kier molecular flexibility index (Phi) is 5.07. The van der Waals surface area contributed by atoms with Gasteiger partial charge in [0, 0.05) is 10.3 Å². The second-order valence-electron chi connectivity index (χ2n) is 8.11. The summed E-state index contributed by atoms with van der Waals surface area (Å²) in [5.41, 5.74) is 5.44. The highest BCUT2D eigenvalue weighted by Crippen LogP contribution is 2.51. The maximum Gasteiger partial charge on any atom is 0.178 e. The van der Waals surface area contributed by atoms with E-state index < -0.39 is 10.6 Å². The zero-order valence-electron chi connectivity index (χ0n) is 16.5. The van der Waals surface area contributed by atoms with Crippen molar-refractivity contribution in [3.05, 3.63) is 63.9 Å². The van der Waals surface area contributed by atoms with Crippen LogP contribution >= 0.6 is 23.4 Å². The molecule has 0 fully saturated rings. The maximum absolute atomic E-state index is 13.9. The van der Waals surface area contributed by atoms with Crippen molar-refractivity contribution in [2.75, 3.05) is 0 Å². The molecule has 1 heterocycles. The number of ketones is 1. The average molecular weight is 403 g/mol. The summed E-state index contributed by atoms with van der Waals surface area (Å²) in [6, 6.07) is 10.7. The molecule has 2 aromatic carbocycles. The molecule has 0 N–H and O–H groups in total. The molecule has 0 saturated carbocycles. The summed E-state index contributed by atoms with van der Waals surface area (Å²) in [5.74, 6) is -0.300. The van der Waals surface area contributed by atoms with Crippen molar-refractivity contribution in [2.45, 2.75) is 51.0 Å². The third-order valence-corrected chi connectivity index (χ3v) is 7.14. The van der Waals surface area contributed by atoms with Gasteiger partial charge in [0.25, 0.3) is 0 Å². The Bertz CT molecular complexity index is 972. The molecule has 0 unspecified atom stereocenters. The minimum absolute atomic E-state index is 0.104. The third-order valence-electron chi connectivity index (χ3n) is 5.32. The number of carbonyl (C=O) groups excluding carboxylic acids is 1. The molecular formula is C23H24ClFOS. The van der Waals surface area contributed by atoms with Crippen molar-refractivity contribution in [3.8, 4) is 11.1 Å². The van der Waals surface area contributed by atoms with Gasteiger partial charge in [-0.3, -0.25) is 4.79 Å². The van der Waals surface area contributed by atoms with Crippen LogP contribution in [0.1, 0.15) is 45.7 Å². The first kappa shape index (κ1) is 20.2. The summed E-state index contributed by atoms with van der Waals surface area (Å²) in [7, 11) is 0. The lowest BCUT2D eigenvalue weighted by molar-refractivity contribution is -0.115. The minimum Gasteiger partial charge on any atom is -0.293 e. The summed E-state index contributed by atoms with van der Waals surface area (Å²) in [5, 5.41) is 0.104. The molecule has 4 heteroatoms. The molecule has 0 radical (unpaired) electrons. The van der Waals surface area contributed by atoms with E-state index in [1.807, 2.05) is 45.9 Å². The summed E-state index contributed by atoms with van der Waals surface area (Å²) in [6.45, 7) is 12.4. The predicted molar refractivity (Wildman–Crippen MR) is 115 cm³/mol. The molecule has 0 amide bonds. The van der Waals surface area contributed by atoms with Crippen molar-refractivity contribution < 1.29 is 9.18 Å². The van der Waals surface area contributed by atoms with Gasteiger partial charge in [-0.05, 0) is 87.6 Å². The van der Waals surface area contributed by atoms with E-state index in [0.29, 0.717) is 0 Å². The Hall–Kier alpha value is -1.58. The van der Waals surface area contributed by atoms with E-state index in [9.17, 15) is 9.18 Å². The smallest absolute Gasteiger partial charge is 0.178 e. The van der Waals surface area contributed by atoms with Gasteiger partial charge in [0.2, 0.25) is 0 Å². The number of hydrogen-bond acceptors (Lipinski definition) is 2. The normalized spacial score (nSPS) is 18.7. The first-order chi connectivity index (χ1) is 12.4. The lowest BCUT2D eigenvalue weighted by atomic mass is 9.83. The second kappa shape index (κ2) is 6.79. The van der Waals surface area contributed by atoms with E-state index in [1.165, 1.54) is 6.07 Å². The zero-order valence-corrected chi connectivity index (χ0v) is 18.1. The monoisotopic (exact) mass is 402 g/mol. The number of Topliss-reactive ketones (excluding diaryl/α,β-unsaturated/α-hetero) is 1. The summed E-state index contributed by atoms with van der Waals surface area (Å²) in [4.78, 5) is 13.3. The SMILES string of the molecule is CC1=C(c2cc(-c3ccc(Cl)c(F)c3)ccc2C)C(=O)C(C)(C)SC1(C)C. The van der Waals surface area contributed by atoms with E-state index in [4.69, 9.17) is 11.6 Å². The van der Waals surface area contributed by atoms with Crippen LogP contribution in [-0.4, -0.2) is 15.3 Å². The minimum atomic E-state index is -0.493. The Morgan fingerprint density at radius 2 is 1.52 bits per heavy atom. The van der Waals surface area contributed by atoms with E-state index in [0.717, 1.165) is 33.4 Å². The molecule has 3 rings (SSSR count). The van der Waals surface area contributed by atoms with Crippen LogP contribution in [0.15, 0.2) is 42.0 Å². The lowest BCUT2D eigenvalue weighted by Crippen LogP contribution is -2.41. The molecular weight excluding hydrogens is 379 g/mol. The molecule has 0 atom stereocenters. The van der Waals surface area contributed by atoms with Gasteiger partial charge in [-0.15, -0.1) is 11.8 Å². The van der Waals surface area contributed by atoms with E-state index in [-0.39, 0.29) is 15.6 Å². The molecule has 1 nitrogen and oxygen atoms in total. The van der Waals surface area contributed by atoms with Gasteiger partial charge in [0.05, 0.1) is 9.77 Å². The van der Waals surface area contributed by atoms with Crippen LogP contribution in [0.4, 0.5) is 4.39 Å². The first-order valence-corrected chi connectivity index (χ1v) is 10.2. The Morgan fingerprint density at radius 1 is 0.926 bits per heavy atom. The van der Waals surface area contributed by atoms with Crippen molar-refractivity contribution in [1.29, 1.82) is 0 Å². The van der Waals surface area contributed by atoms with Crippen molar-refractivity contribution in [1.82, 2.24) is 0 Å². The van der Waals surface area contributed by atoms with Crippen LogP contribution in [0.3, 0.4) is 0 Å². The number of allylic oxidation sites excluding steroid dienone is 1. The Balaban J connectivity index is 2.22. The molecule has 0 aromatic heterocycles. The quantitative estimate of drug-likeness (QED) is 0.532. The van der Waals surface area contributed by atoms with Crippen LogP contribution in [0.25, 0.3) is 16.7 Å². The predicted octanol–water partition coefficient (Wildman–Crippen LogP) is 7.10. The second-order valence-corrected chi connectivity index (χ2v) is 10.8. The van der Waals surface area contributed by atoms with Crippen LogP contribution in [-0.2, 0) is 4.79 Å². The number of aryl methyl sites for hydroxylation is 1. The fourth-order valence-corrected chi connectivity index (χ4v) is 5.45. The Morgan fingerprint density at radius 3 is 2.15 bits per heavy atom. The Labute approximate surface area is 170 Å². The van der Waals surface area contributed by atoms with Gasteiger partial charge in [0.15, 0.2) is 5.78 Å². The number of benzene rings is 2. The fraction of sp³-hybridized carbons (Fsp3) is 0.348. The van der Waals surface area contributed by atoms with Gasteiger partial charge in [0.1, 0.15) is 5.82 Å². The van der Waals surface area contributed by atoms with Gasteiger partial charge < -0.3 is 0 Å². The number of hydrogen-bond donors (Lipinski definition) is 0. The van der Waals surface area contributed by atoms with Crippen LogP contribution in [0, 0.1) is 12.7 Å². The van der Waals surface area contributed by atoms with Crippen LogP contribution in [0.5, 0.6) is 0 Å². The van der Waals surface area contributed by atoms with Crippen LogP contribution < -0.4 is 0 Å². The molecule has 1 aliphatic rings. The number of rotatable bonds is 2. The maximum atomic E-state index is 13.9. The molecule has 27 heavy (non-hydrogen) atoms. The summed E-state index contributed by atoms with van der Waals surface area (Å²) < 4.78 is 13.3. The molecule has 0 spiro atoms. The van der Waals surface area contributed by atoms with E-state index >= 15 is 0 Å². The average Bonchev–Trinajstić information content (AvgIpc) is 2.57. The third kappa shape index (κ3) is 3.60. The van der Waals surface area contributed by atoms with Gasteiger partial charge in [-0.2, -0.15) is 0 Å². The number of carbonyl (C=O) groups is 1. The largest absolute Gasteiger partial charge is 0.293 e. The topological polar surface area (TPSA) is 17.1 Å². The molecule has 0 aliphatic carbocycles. The van der Waals surface area contributed by atoms with E-state index in [2.05, 4.69) is 13.8 Å².